The zero-order valence-corrected chi connectivity index (χ0v) is 17.7. The smallest absolute Gasteiger partial charge is 0.191 e. The van der Waals surface area contributed by atoms with Crippen LogP contribution in [0.15, 0.2) is 23.2 Å². The summed E-state index contributed by atoms with van der Waals surface area (Å²) in [5.41, 5.74) is 2.40. The summed E-state index contributed by atoms with van der Waals surface area (Å²) in [6.45, 7) is 10.9. The van der Waals surface area contributed by atoms with Crippen molar-refractivity contribution in [3.63, 3.8) is 0 Å². The number of likely N-dealkylation sites (tertiary alicyclic amines) is 1. The highest BCUT2D eigenvalue weighted by molar-refractivity contribution is 5.80. The average Bonchev–Trinajstić information content (AvgIpc) is 3.21. The fourth-order valence-electron chi connectivity index (χ4n) is 4.07. The fourth-order valence-corrected chi connectivity index (χ4v) is 4.07. The number of piperidine rings is 1. The van der Waals surface area contributed by atoms with E-state index in [4.69, 9.17) is 9.47 Å². The zero-order valence-electron chi connectivity index (χ0n) is 17.7. The van der Waals surface area contributed by atoms with E-state index in [0.717, 1.165) is 63.3 Å². The topological polar surface area (TPSA) is 58.1 Å². The molecule has 2 saturated heterocycles. The van der Waals surface area contributed by atoms with Gasteiger partial charge in [-0.15, -0.1) is 0 Å². The monoisotopic (exact) mass is 388 g/mol. The van der Waals surface area contributed by atoms with E-state index in [1.165, 1.54) is 24.1 Å². The Morgan fingerprint density at radius 2 is 2.11 bits per heavy atom. The SMILES string of the molecule is CCOc1ccc(CNC(=NC)NC2CCN(CC3CCOC3)CC2)cc1C. The van der Waals surface area contributed by atoms with Crippen molar-refractivity contribution in [3.05, 3.63) is 29.3 Å². The first kappa shape index (κ1) is 20.9. The summed E-state index contributed by atoms with van der Waals surface area (Å²) in [5.74, 6) is 2.58. The summed E-state index contributed by atoms with van der Waals surface area (Å²) in [6, 6.07) is 6.83. The van der Waals surface area contributed by atoms with Crippen LogP contribution < -0.4 is 15.4 Å². The Kier molecular flexibility index (Phi) is 7.98. The third kappa shape index (κ3) is 6.11. The van der Waals surface area contributed by atoms with Crippen LogP contribution in [-0.4, -0.2) is 63.4 Å². The maximum atomic E-state index is 5.62. The summed E-state index contributed by atoms with van der Waals surface area (Å²) in [6.07, 6.45) is 3.55. The second-order valence-electron chi connectivity index (χ2n) is 7.91. The molecule has 2 aliphatic rings. The van der Waals surface area contributed by atoms with Crippen LogP contribution in [-0.2, 0) is 11.3 Å². The lowest BCUT2D eigenvalue weighted by Gasteiger charge is -2.34. The van der Waals surface area contributed by atoms with Crippen molar-refractivity contribution in [2.75, 3.05) is 46.5 Å². The molecule has 1 unspecified atom stereocenters. The number of rotatable bonds is 7. The normalized spacial score (nSPS) is 21.7. The van der Waals surface area contributed by atoms with Gasteiger partial charge in [0.2, 0.25) is 0 Å². The molecule has 6 nitrogen and oxygen atoms in total. The van der Waals surface area contributed by atoms with Crippen molar-refractivity contribution in [2.45, 2.75) is 45.7 Å². The van der Waals surface area contributed by atoms with Crippen LogP contribution in [0.25, 0.3) is 0 Å². The van der Waals surface area contributed by atoms with Gasteiger partial charge in [0.25, 0.3) is 0 Å². The van der Waals surface area contributed by atoms with Gasteiger partial charge in [-0.05, 0) is 56.2 Å². The molecule has 0 amide bonds. The standard InChI is InChI=1S/C22H36N4O2/c1-4-28-21-6-5-18(13-17(21)2)14-24-22(23-3)25-20-7-10-26(11-8-20)15-19-9-12-27-16-19/h5-6,13,19-20H,4,7-12,14-16H2,1-3H3,(H2,23,24,25). The van der Waals surface area contributed by atoms with Crippen molar-refractivity contribution in [1.82, 2.24) is 15.5 Å². The summed E-state index contributed by atoms with van der Waals surface area (Å²) < 4.78 is 11.1. The second kappa shape index (κ2) is 10.7. The number of benzene rings is 1. The zero-order chi connectivity index (χ0) is 19.8. The van der Waals surface area contributed by atoms with Crippen molar-refractivity contribution in [1.29, 1.82) is 0 Å². The highest BCUT2D eigenvalue weighted by Crippen LogP contribution is 2.19. The lowest BCUT2D eigenvalue weighted by atomic mass is 10.0. The molecular formula is C22H36N4O2. The molecule has 6 heteroatoms. The number of hydrogen-bond acceptors (Lipinski definition) is 4. The molecule has 0 radical (unpaired) electrons. The molecule has 1 aromatic carbocycles. The largest absolute Gasteiger partial charge is 0.494 e. The van der Waals surface area contributed by atoms with E-state index in [9.17, 15) is 0 Å². The van der Waals surface area contributed by atoms with Gasteiger partial charge in [-0.3, -0.25) is 4.99 Å². The molecule has 28 heavy (non-hydrogen) atoms. The van der Waals surface area contributed by atoms with Crippen LogP contribution >= 0.6 is 0 Å². The maximum Gasteiger partial charge on any atom is 0.191 e. The van der Waals surface area contributed by atoms with Crippen LogP contribution in [0.3, 0.4) is 0 Å². The third-order valence-corrected chi connectivity index (χ3v) is 5.69. The number of aryl methyl sites for hydroxylation is 1. The van der Waals surface area contributed by atoms with Gasteiger partial charge in [0.1, 0.15) is 5.75 Å². The first-order valence-electron chi connectivity index (χ1n) is 10.7. The van der Waals surface area contributed by atoms with E-state index >= 15 is 0 Å². The van der Waals surface area contributed by atoms with Crippen molar-refractivity contribution < 1.29 is 9.47 Å². The van der Waals surface area contributed by atoms with Gasteiger partial charge < -0.3 is 25.0 Å². The molecule has 0 aliphatic carbocycles. The number of aliphatic imine (C=N–C) groups is 1. The average molecular weight is 389 g/mol. The molecule has 0 bridgehead atoms. The second-order valence-corrected chi connectivity index (χ2v) is 7.91. The Morgan fingerprint density at radius 3 is 2.75 bits per heavy atom. The molecule has 1 atom stereocenters. The molecule has 0 saturated carbocycles. The minimum atomic E-state index is 0.490. The molecule has 3 rings (SSSR count). The Bertz CT molecular complexity index is 635. The molecule has 0 aromatic heterocycles. The van der Waals surface area contributed by atoms with E-state index in [1.807, 2.05) is 14.0 Å². The first-order valence-corrected chi connectivity index (χ1v) is 10.7. The lowest BCUT2D eigenvalue weighted by Crippen LogP contribution is -2.49. The van der Waals surface area contributed by atoms with Gasteiger partial charge in [-0.25, -0.2) is 0 Å². The number of ether oxygens (including phenoxy) is 2. The third-order valence-electron chi connectivity index (χ3n) is 5.69. The Hall–Kier alpha value is -1.79. The van der Waals surface area contributed by atoms with E-state index < -0.39 is 0 Å². The fraction of sp³-hybridized carbons (Fsp3) is 0.682. The predicted molar refractivity (Wildman–Crippen MR) is 114 cm³/mol. The van der Waals surface area contributed by atoms with Crippen molar-refractivity contribution in [3.8, 4) is 5.75 Å². The molecule has 2 heterocycles. The quantitative estimate of drug-likeness (QED) is 0.555. The number of guanidine groups is 1. The molecule has 2 N–H and O–H groups in total. The highest BCUT2D eigenvalue weighted by Gasteiger charge is 2.24. The van der Waals surface area contributed by atoms with E-state index in [2.05, 4.69) is 45.6 Å². The van der Waals surface area contributed by atoms with Crippen LogP contribution in [0.2, 0.25) is 0 Å². The number of nitrogens with one attached hydrogen (secondary N) is 2. The molecule has 0 spiro atoms. The maximum absolute atomic E-state index is 5.62. The molecular weight excluding hydrogens is 352 g/mol. The summed E-state index contributed by atoms with van der Waals surface area (Å²) in [5, 5.41) is 7.05. The molecule has 156 valence electrons. The summed E-state index contributed by atoms with van der Waals surface area (Å²) in [4.78, 5) is 7.00. The van der Waals surface area contributed by atoms with Gasteiger partial charge in [0.15, 0.2) is 5.96 Å². The van der Waals surface area contributed by atoms with Crippen LogP contribution in [0, 0.1) is 12.8 Å². The number of nitrogens with zero attached hydrogens (tertiary/aromatic N) is 2. The first-order chi connectivity index (χ1) is 13.7. The van der Waals surface area contributed by atoms with Gasteiger partial charge in [0, 0.05) is 45.9 Å². The van der Waals surface area contributed by atoms with Crippen LogP contribution in [0.1, 0.15) is 37.3 Å². The van der Waals surface area contributed by atoms with Gasteiger partial charge in [-0.1, -0.05) is 12.1 Å². The predicted octanol–water partition coefficient (Wildman–Crippen LogP) is 2.56. The van der Waals surface area contributed by atoms with Crippen LogP contribution in [0.5, 0.6) is 5.75 Å². The highest BCUT2D eigenvalue weighted by atomic mass is 16.5. The minimum absolute atomic E-state index is 0.490. The van der Waals surface area contributed by atoms with E-state index in [0.29, 0.717) is 12.6 Å². The number of hydrogen-bond donors (Lipinski definition) is 2. The van der Waals surface area contributed by atoms with E-state index in [-0.39, 0.29) is 0 Å². The molecule has 2 aliphatic heterocycles. The Morgan fingerprint density at radius 1 is 1.29 bits per heavy atom. The van der Waals surface area contributed by atoms with Crippen molar-refractivity contribution >= 4 is 5.96 Å². The van der Waals surface area contributed by atoms with Crippen molar-refractivity contribution in [2.24, 2.45) is 10.9 Å². The van der Waals surface area contributed by atoms with Gasteiger partial charge in [-0.2, -0.15) is 0 Å². The summed E-state index contributed by atoms with van der Waals surface area (Å²) >= 11 is 0. The molecule has 2 fully saturated rings. The summed E-state index contributed by atoms with van der Waals surface area (Å²) in [7, 11) is 1.84. The van der Waals surface area contributed by atoms with Crippen LogP contribution in [0.4, 0.5) is 0 Å². The Balaban J connectivity index is 1.40. The Labute approximate surface area is 169 Å². The van der Waals surface area contributed by atoms with E-state index in [1.54, 1.807) is 0 Å². The van der Waals surface area contributed by atoms with Gasteiger partial charge >= 0.3 is 0 Å². The van der Waals surface area contributed by atoms with Gasteiger partial charge in [0.05, 0.1) is 13.2 Å². The lowest BCUT2D eigenvalue weighted by molar-refractivity contribution is 0.150. The molecule has 1 aromatic rings. The minimum Gasteiger partial charge on any atom is -0.494 e.